The summed E-state index contributed by atoms with van der Waals surface area (Å²) in [5.74, 6) is -0.327. The van der Waals surface area contributed by atoms with Crippen LogP contribution in [0.3, 0.4) is 0 Å². The first-order valence-corrected chi connectivity index (χ1v) is 3.90. The van der Waals surface area contributed by atoms with Crippen molar-refractivity contribution in [2.75, 3.05) is 0 Å². The maximum Gasteiger partial charge on any atom is 0.246 e. The number of Topliss-reactive ketones (excluding diaryl/α,β-unsaturated/α-hetero) is 1. The van der Waals surface area contributed by atoms with E-state index in [0.717, 1.165) is 6.21 Å². The third-order valence-electron chi connectivity index (χ3n) is 1.49. The number of amidine groups is 1. The van der Waals surface area contributed by atoms with E-state index < -0.39 is 0 Å². The van der Waals surface area contributed by atoms with Gasteiger partial charge >= 0.3 is 0 Å². The zero-order valence-corrected chi connectivity index (χ0v) is 7.08. The lowest BCUT2D eigenvalue weighted by molar-refractivity contribution is -0.106. The van der Waals surface area contributed by atoms with Crippen LogP contribution in [-0.2, 0) is 4.79 Å². The zero-order valence-electron chi connectivity index (χ0n) is 7.08. The highest BCUT2D eigenvalue weighted by Crippen LogP contribution is 2.09. The predicted octanol–water partition coefficient (Wildman–Crippen LogP) is 1.54. The van der Waals surface area contributed by atoms with Gasteiger partial charge in [-0.05, 0) is 6.07 Å². The van der Waals surface area contributed by atoms with E-state index in [0.29, 0.717) is 5.69 Å². The molecule has 0 N–H and O–H groups in total. The molecule has 1 aliphatic rings. The highest BCUT2D eigenvalue weighted by Gasteiger charge is 2.12. The van der Waals surface area contributed by atoms with Crippen LogP contribution in [0.2, 0.25) is 0 Å². The van der Waals surface area contributed by atoms with Crippen LogP contribution in [0.15, 0.2) is 44.7 Å². The van der Waals surface area contributed by atoms with Crippen molar-refractivity contribution in [2.45, 2.75) is 0 Å². The number of rotatable bonds is 1. The lowest BCUT2D eigenvalue weighted by Crippen LogP contribution is -2.06. The molecular formula is C9H5N4O. The summed E-state index contributed by atoms with van der Waals surface area (Å²) in [4.78, 5) is 11.0. The van der Waals surface area contributed by atoms with Crippen molar-refractivity contribution >= 4 is 23.5 Å². The molecule has 5 heteroatoms. The smallest absolute Gasteiger partial charge is 0.246 e. The van der Waals surface area contributed by atoms with Gasteiger partial charge in [0.05, 0.1) is 5.69 Å². The standard InChI is InChI=1S/C9H5N4O/c14-8-6-10-12-9(8)13-11-7-4-2-1-3-5-7/h1-4,6H. The SMILES string of the molecule is O=C1C=NN=C1N=Nc1[c]cccc1. The van der Waals surface area contributed by atoms with Crippen LogP contribution in [-0.4, -0.2) is 17.8 Å². The molecule has 1 radical (unpaired) electrons. The number of carbonyl (C=O) groups is 1. The van der Waals surface area contributed by atoms with E-state index in [1.165, 1.54) is 0 Å². The molecule has 0 spiro atoms. The molecule has 67 valence electrons. The summed E-state index contributed by atoms with van der Waals surface area (Å²) in [5, 5.41) is 14.3. The molecule has 1 aliphatic heterocycles. The largest absolute Gasteiger partial charge is 0.284 e. The van der Waals surface area contributed by atoms with Gasteiger partial charge in [0.15, 0.2) is 0 Å². The Labute approximate surface area is 79.9 Å². The van der Waals surface area contributed by atoms with Gasteiger partial charge in [-0.15, -0.1) is 15.3 Å². The van der Waals surface area contributed by atoms with Gasteiger partial charge in [-0.2, -0.15) is 5.10 Å². The number of hydrogen-bond acceptors (Lipinski definition) is 5. The van der Waals surface area contributed by atoms with Crippen molar-refractivity contribution in [2.24, 2.45) is 20.4 Å². The van der Waals surface area contributed by atoms with Crippen LogP contribution in [0.1, 0.15) is 0 Å². The molecule has 0 aliphatic carbocycles. The molecule has 2 rings (SSSR count). The summed E-state index contributed by atoms with van der Waals surface area (Å²) in [5.41, 5.74) is 0.551. The van der Waals surface area contributed by atoms with Crippen molar-refractivity contribution in [3.05, 3.63) is 30.3 Å². The predicted molar refractivity (Wildman–Crippen MR) is 50.7 cm³/mol. The van der Waals surface area contributed by atoms with Crippen LogP contribution in [0.25, 0.3) is 0 Å². The van der Waals surface area contributed by atoms with Gasteiger partial charge in [-0.1, -0.05) is 18.2 Å². The van der Waals surface area contributed by atoms with Crippen LogP contribution in [0.4, 0.5) is 5.69 Å². The molecule has 0 aromatic heterocycles. The minimum Gasteiger partial charge on any atom is -0.284 e. The number of azo groups is 1. The molecule has 1 heterocycles. The first-order valence-electron chi connectivity index (χ1n) is 3.90. The summed E-state index contributed by atoms with van der Waals surface area (Å²) in [6, 6.07) is 9.90. The summed E-state index contributed by atoms with van der Waals surface area (Å²) >= 11 is 0. The summed E-state index contributed by atoms with van der Waals surface area (Å²) < 4.78 is 0. The van der Waals surface area contributed by atoms with E-state index in [2.05, 4.69) is 26.5 Å². The van der Waals surface area contributed by atoms with Crippen LogP contribution in [0, 0.1) is 6.07 Å². The van der Waals surface area contributed by atoms with E-state index in [4.69, 9.17) is 0 Å². The van der Waals surface area contributed by atoms with Crippen LogP contribution >= 0.6 is 0 Å². The normalized spacial score (nSPS) is 15.1. The minimum absolute atomic E-state index is 0.00209. The number of benzene rings is 1. The fourth-order valence-electron chi connectivity index (χ4n) is 0.860. The summed E-state index contributed by atoms with van der Waals surface area (Å²) in [7, 11) is 0. The molecule has 1 aromatic carbocycles. The van der Waals surface area contributed by atoms with Crippen molar-refractivity contribution < 1.29 is 4.79 Å². The fraction of sp³-hybridized carbons (Fsp3) is 0. The first kappa shape index (κ1) is 8.43. The van der Waals surface area contributed by atoms with Crippen LogP contribution in [0.5, 0.6) is 0 Å². The average molecular weight is 185 g/mol. The molecule has 14 heavy (non-hydrogen) atoms. The van der Waals surface area contributed by atoms with Crippen molar-refractivity contribution in [1.29, 1.82) is 0 Å². The maximum atomic E-state index is 11.0. The average Bonchev–Trinajstić information content (AvgIpc) is 2.63. The number of nitrogens with zero attached hydrogens (tertiary/aromatic N) is 4. The van der Waals surface area contributed by atoms with Gasteiger partial charge in [0.25, 0.3) is 0 Å². The molecule has 0 saturated carbocycles. The minimum atomic E-state index is -0.329. The second kappa shape index (κ2) is 3.69. The van der Waals surface area contributed by atoms with Crippen molar-refractivity contribution in [3.8, 4) is 0 Å². The molecule has 1 aromatic rings. The van der Waals surface area contributed by atoms with Crippen molar-refractivity contribution in [1.82, 2.24) is 0 Å². The number of carbonyl (C=O) groups excluding carboxylic acids is 1. The number of ketones is 1. The van der Waals surface area contributed by atoms with Gasteiger partial charge in [0.1, 0.15) is 6.21 Å². The Kier molecular flexibility index (Phi) is 2.22. The van der Waals surface area contributed by atoms with E-state index in [1.54, 1.807) is 18.2 Å². The lowest BCUT2D eigenvalue weighted by Gasteiger charge is -1.88. The zero-order chi connectivity index (χ0) is 9.80. The van der Waals surface area contributed by atoms with Gasteiger partial charge < -0.3 is 0 Å². The second-order valence-electron chi connectivity index (χ2n) is 2.48. The van der Waals surface area contributed by atoms with Gasteiger partial charge in [0.2, 0.25) is 11.6 Å². The quantitative estimate of drug-likeness (QED) is 0.612. The lowest BCUT2D eigenvalue weighted by atomic mass is 10.3. The Balaban J connectivity index is 2.13. The second-order valence-corrected chi connectivity index (χ2v) is 2.48. The van der Waals surface area contributed by atoms with Gasteiger partial charge in [-0.25, -0.2) is 0 Å². The maximum absolute atomic E-state index is 11.0. The molecular weight excluding hydrogens is 180 g/mol. The molecule has 0 amide bonds. The fourth-order valence-corrected chi connectivity index (χ4v) is 0.860. The Bertz CT molecular complexity index is 433. The van der Waals surface area contributed by atoms with Crippen LogP contribution < -0.4 is 0 Å². The van der Waals surface area contributed by atoms with E-state index in [-0.39, 0.29) is 11.6 Å². The Morgan fingerprint density at radius 1 is 1.29 bits per heavy atom. The first-order chi connectivity index (χ1) is 6.86. The molecule has 5 nitrogen and oxygen atoms in total. The van der Waals surface area contributed by atoms with E-state index in [9.17, 15) is 4.79 Å². The molecule has 0 unspecified atom stereocenters. The Hall–Kier alpha value is -2.17. The number of hydrogen-bond donors (Lipinski definition) is 0. The molecule has 0 saturated heterocycles. The van der Waals surface area contributed by atoms with Gasteiger partial charge in [0, 0.05) is 6.07 Å². The topological polar surface area (TPSA) is 66.5 Å². The molecule has 0 fully saturated rings. The monoisotopic (exact) mass is 185 g/mol. The molecule has 0 atom stereocenters. The summed E-state index contributed by atoms with van der Waals surface area (Å²) in [6.07, 6.45) is 1.10. The molecule has 0 bridgehead atoms. The third-order valence-corrected chi connectivity index (χ3v) is 1.49. The van der Waals surface area contributed by atoms with Gasteiger partial charge in [-0.3, -0.25) is 4.79 Å². The highest BCUT2D eigenvalue weighted by atomic mass is 16.1. The van der Waals surface area contributed by atoms with E-state index >= 15 is 0 Å². The van der Waals surface area contributed by atoms with E-state index in [1.807, 2.05) is 6.07 Å². The highest BCUT2D eigenvalue weighted by molar-refractivity contribution is 6.61. The third kappa shape index (κ3) is 1.77. The Morgan fingerprint density at radius 2 is 2.21 bits per heavy atom. The summed E-state index contributed by atoms with van der Waals surface area (Å²) in [6.45, 7) is 0. The Morgan fingerprint density at radius 3 is 2.86 bits per heavy atom. The van der Waals surface area contributed by atoms with Crippen molar-refractivity contribution in [3.63, 3.8) is 0 Å².